The van der Waals surface area contributed by atoms with Gasteiger partial charge in [0.05, 0.1) is 11.4 Å². The third kappa shape index (κ3) is 2.47. The van der Waals surface area contributed by atoms with Crippen LogP contribution < -0.4 is 0 Å². The molecule has 1 N–H and O–H groups in total. The number of hydrogen-bond acceptors (Lipinski definition) is 2. The van der Waals surface area contributed by atoms with Gasteiger partial charge in [0, 0.05) is 12.1 Å². The Morgan fingerprint density at radius 1 is 1.28 bits per heavy atom. The molecule has 0 aliphatic heterocycles. The van der Waals surface area contributed by atoms with Crippen molar-refractivity contribution in [1.82, 2.24) is 15.0 Å². The van der Waals surface area contributed by atoms with Crippen LogP contribution in [0.3, 0.4) is 0 Å². The van der Waals surface area contributed by atoms with E-state index in [-0.39, 0.29) is 6.42 Å². The van der Waals surface area contributed by atoms with Crippen molar-refractivity contribution in [1.29, 1.82) is 0 Å². The molecule has 0 aromatic carbocycles. The maximum absolute atomic E-state index is 12.5. The smallest absolute Gasteiger partial charge is 0.340 e. The number of rotatable bonds is 2. The summed E-state index contributed by atoms with van der Waals surface area (Å²) in [7, 11) is 0. The molecule has 2 rings (SSSR count). The Morgan fingerprint density at radius 2 is 1.94 bits per heavy atom. The van der Waals surface area contributed by atoms with Gasteiger partial charge in [-0.05, 0) is 25.5 Å². The van der Waals surface area contributed by atoms with Crippen LogP contribution in [0.5, 0.6) is 0 Å². The Kier molecular flexibility index (Phi) is 3.04. The molecule has 0 saturated heterocycles. The van der Waals surface area contributed by atoms with E-state index in [9.17, 15) is 13.2 Å². The Labute approximate surface area is 102 Å². The maximum atomic E-state index is 12.5. The summed E-state index contributed by atoms with van der Waals surface area (Å²) in [5.41, 5.74) is 2.94. The Balaban J connectivity index is 2.34. The predicted molar refractivity (Wildman–Crippen MR) is 62.3 cm³/mol. The number of aromatic amines is 1. The molecular weight excluding hydrogens is 243 g/mol. The molecule has 3 nitrogen and oxygen atoms in total. The summed E-state index contributed by atoms with van der Waals surface area (Å²) < 4.78 is 37.4. The van der Waals surface area contributed by atoms with Crippen LogP contribution in [0.1, 0.15) is 24.0 Å². The molecule has 18 heavy (non-hydrogen) atoms. The highest BCUT2D eigenvalue weighted by molar-refractivity contribution is 5.74. The van der Waals surface area contributed by atoms with E-state index in [1.165, 1.54) is 0 Å². The van der Waals surface area contributed by atoms with Crippen molar-refractivity contribution in [3.05, 3.63) is 23.1 Å². The van der Waals surface area contributed by atoms with E-state index in [1.807, 2.05) is 19.9 Å². The lowest BCUT2D eigenvalue weighted by atomic mass is 10.1. The molecule has 2 aromatic heterocycles. The maximum Gasteiger partial charge on any atom is 0.391 e. The van der Waals surface area contributed by atoms with Gasteiger partial charge >= 0.3 is 6.18 Å². The number of nitrogens with one attached hydrogen (secondary N) is 1. The largest absolute Gasteiger partial charge is 0.391 e. The minimum Gasteiger partial charge on any atom is -0.340 e. The standard InChI is InChI=1S/C12H14F3N3/c1-6-4-8(3)16-11-10(6)17-9(18-11)5-7(2)12(13,14)15/h4,7H,5H2,1-3H3,(H,16,17,18). The first-order chi connectivity index (χ1) is 8.27. The van der Waals surface area contributed by atoms with E-state index < -0.39 is 12.1 Å². The van der Waals surface area contributed by atoms with E-state index in [4.69, 9.17) is 0 Å². The molecule has 0 radical (unpaired) electrons. The summed E-state index contributed by atoms with van der Waals surface area (Å²) in [5, 5.41) is 0. The first-order valence-electron chi connectivity index (χ1n) is 5.67. The van der Waals surface area contributed by atoms with Gasteiger partial charge in [-0.3, -0.25) is 0 Å². The van der Waals surface area contributed by atoms with Crippen LogP contribution in [0.15, 0.2) is 6.07 Å². The van der Waals surface area contributed by atoms with Crippen molar-refractivity contribution in [3.63, 3.8) is 0 Å². The topological polar surface area (TPSA) is 41.6 Å². The van der Waals surface area contributed by atoms with Gasteiger partial charge in [-0.25, -0.2) is 9.97 Å². The Bertz CT molecular complexity index is 572. The highest BCUT2D eigenvalue weighted by Crippen LogP contribution is 2.28. The zero-order chi connectivity index (χ0) is 13.5. The predicted octanol–water partition coefficient (Wildman–Crippen LogP) is 3.32. The molecule has 2 aromatic rings. The quantitative estimate of drug-likeness (QED) is 0.896. The van der Waals surface area contributed by atoms with E-state index in [2.05, 4.69) is 15.0 Å². The van der Waals surface area contributed by atoms with E-state index in [0.717, 1.165) is 18.2 Å². The number of alkyl halides is 3. The molecule has 0 aliphatic carbocycles. The molecule has 0 aliphatic rings. The Hall–Kier alpha value is -1.59. The van der Waals surface area contributed by atoms with Crippen LogP contribution in [-0.2, 0) is 6.42 Å². The molecule has 6 heteroatoms. The van der Waals surface area contributed by atoms with Crippen molar-refractivity contribution in [3.8, 4) is 0 Å². The molecule has 0 saturated carbocycles. The third-order valence-corrected chi connectivity index (χ3v) is 2.89. The monoisotopic (exact) mass is 257 g/mol. The number of hydrogen-bond donors (Lipinski definition) is 1. The van der Waals surface area contributed by atoms with Gasteiger partial charge in [0.1, 0.15) is 5.82 Å². The number of nitrogens with zero attached hydrogens (tertiary/aromatic N) is 2. The number of pyridine rings is 1. The number of imidazole rings is 1. The van der Waals surface area contributed by atoms with Crippen LogP contribution in [-0.4, -0.2) is 21.1 Å². The molecule has 98 valence electrons. The summed E-state index contributed by atoms with van der Waals surface area (Å²) in [6.45, 7) is 4.87. The second-order valence-electron chi connectivity index (χ2n) is 4.61. The fourth-order valence-electron chi connectivity index (χ4n) is 1.85. The summed E-state index contributed by atoms with van der Waals surface area (Å²) in [5.74, 6) is -1.09. The molecule has 0 bridgehead atoms. The lowest BCUT2D eigenvalue weighted by Crippen LogP contribution is -2.22. The average Bonchev–Trinajstić information content (AvgIpc) is 2.58. The molecule has 1 atom stereocenters. The minimum atomic E-state index is -4.20. The molecule has 0 fully saturated rings. The molecule has 0 amide bonds. The van der Waals surface area contributed by atoms with Gasteiger partial charge in [-0.1, -0.05) is 6.92 Å². The van der Waals surface area contributed by atoms with Gasteiger partial charge in [0.25, 0.3) is 0 Å². The fourth-order valence-corrected chi connectivity index (χ4v) is 1.85. The van der Waals surface area contributed by atoms with Crippen LogP contribution in [0.4, 0.5) is 13.2 Å². The highest BCUT2D eigenvalue weighted by Gasteiger charge is 2.36. The van der Waals surface area contributed by atoms with Gasteiger partial charge in [-0.15, -0.1) is 0 Å². The van der Waals surface area contributed by atoms with Crippen LogP contribution in [0.25, 0.3) is 11.2 Å². The minimum absolute atomic E-state index is 0.154. The zero-order valence-corrected chi connectivity index (χ0v) is 10.4. The van der Waals surface area contributed by atoms with Crippen LogP contribution in [0, 0.1) is 19.8 Å². The third-order valence-electron chi connectivity index (χ3n) is 2.89. The average molecular weight is 257 g/mol. The molecule has 0 spiro atoms. The van der Waals surface area contributed by atoms with Crippen molar-refractivity contribution in [2.24, 2.45) is 5.92 Å². The van der Waals surface area contributed by atoms with E-state index >= 15 is 0 Å². The number of fused-ring (bicyclic) bond motifs is 1. The van der Waals surface area contributed by atoms with Crippen LogP contribution in [0.2, 0.25) is 0 Å². The summed E-state index contributed by atoms with van der Waals surface area (Å²) in [4.78, 5) is 11.2. The highest BCUT2D eigenvalue weighted by atomic mass is 19.4. The first kappa shape index (κ1) is 12.9. The van der Waals surface area contributed by atoms with Gasteiger partial charge in [-0.2, -0.15) is 13.2 Å². The lowest BCUT2D eigenvalue weighted by Gasteiger charge is -2.13. The van der Waals surface area contributed by atoms with E-state index in [0.29, 0.717) is 17.0 Å². The van der Waals surface area contributed by atoms with Gasteiger partial charge in [0.2, 0.25) is 0 Å². The van der Waals surface area contributed by atoms with Crippen molar-refractivity contribution in [2.75, 3.05) is 0 Å². The number of aryl methyl sites for hydroxylation is 2. The first-order valence-corrected chi connectivity index (χ1v) is 5.67. The number of H-pyrrole nitrogens is 1. The summed E-state index contributed by atoms with van der Waals surface area (Å²) >= 11 is 0. The van der Waals surface area contributed by atoms with E-state index in [1.54, 1.807) is 0 Å². The summed E-state index contributed by atoms with van der Waals surface area (Å²) in [6, 6.07) is 1.87. The molecule has 1 unspecified atom stereocenters. The molecule has 2 heterocycles. The lowest BCUT2D eigenvalue weighted by molar-refractivity contribution is -0.169. The second-order valence-corrected chi connectivity index (χ2v) is 4.61. The SMILES string of the molecule is Cc1cc(C)c2[nH]c(CC(C)C(F)(F)F)nc2n1. The van der Waals surface area contributed by atoms with Crippen molar-refractivity contribution < 1.29 is 13.2 Å². The molecular formula is C12H14F3N3. The van der Waals surface area contributed by atoms with Crippen molar-refractivity contribution in [2.45, 2.75) is 33.4 Å². The Morgan fingerprint density at radius 3 is 2.56 bits per heavy atom. The number of aromatic nitrogens is 3. The zero-order valence-electron chi connectivity index (χ0n) is 10.4. The van der Waals surface area contributed by atoms with Crippen LogP contribution >= 0.6 is 0 Å². The fraction of sp³-hybridized carbons (Fsp3) is 0.500. The second kappa shape index (κ2) is 4.26. The van der Waals surface area contributed by atoms with Gasteiger partial charge in [0.15, 0.2) is 5.65 Å². The summed E-state index contributed by atoms with van der Waals surface area (Å²) in [6.07, 6.45) is -4.35. The normalized spacial score (nSPS) is 14.1. The number of halogens is 3. The van der Waals surface area contributed by atoms with Crippen molar-refractivity contribution >= 4 is 11.2 Å². The van der Waals surface area contributed by atoms with Gasteiger partial charge < -0.3 is 4.98 Å².